The quantitative estimate of drug-likeness (QED) is 0.610. The van der Waals surface area contributed by atoms with Gasteiger partial charge in [0.15, 0.2) is 6.10 Å². The lowest BCUT2D eigenvalue weighted by atomic mass is 10.1. The van der Waals surface area contributed by atoms with Crippen molar-refractivity contribution in [3.05, 3.63) is 64.4 Å². The first-order chi connectivity index (χ1) is 12.1. The minimum Gasteiger partial charge on any atom is -0.449 e. The van der Waals surface area contributed by atoms with Crippen LogP contribution >= 0.6 is 11.6 Å². The molecule has 4 nitrogen and oxygen atoms in total. The normalized spacial score (nSPS) is 12.4. The molecule has 0 spiro atoms. The van der Waals surface area contributed by atoms with Gasteiger partial charge in [-0.25, -0.2) is 9.18 Å². The van der Waals surface area contributed by atoms with Crippen LogP contribution in [0.25, 0.3) is 0 Å². The van der Waals surface area contributed by atoms with E-state index >= 15 is 0 Å². The highest BCUT2D eigenvalue weighted by Crippen LogP contribution is 2.34. The predicted molar refractivity (Wildman–Crippen MR) is 86.4 cm³/mol. The number of carbonyl (C=O) groups excluding carboxylic acids is 2. The Bertz CT molecular complexity index is 839. The van der Waals surface area contributed by atoms with Crippen LogP contribution in [0.15, 0.2) is 42.5 Å². The molecule has 0 heterocycles. The minimum absolute atomic E-state index is 0.0783. The van der Waals surface area contributed by atoms with Crippen molar-refractivity contribution < 1.29 is 31.9 Å². The molecule has 1 atom stereocenters. The molecule has 138 valence electrons. The molecule has 2 aromatic rings. The first-order valence-electron chi connectivity index (χ1n) is 7.22. The van der Waals surface area contributed by atoms with Gasteiger partial charge >= 0.3 is 12.1 Å². The van der Waals surface area contributed by atoms with Gasteiger partial charge in [0.1, 0.15) is 5.82 Å². The van der Waals surface area contributed by atoms with Crippen molar-refractivity contribution in [2.45, 2.75) is 19.2 Å². The number of alkyl halides is 3. The number of nitrogens with one attached hydrogen (secondary N) is 1. The molecule has 0 saturated heterocycles. The van der Waals surface area contributed by atoms with Gasteiger partial charge in [0.05, 0.1) is 16.8 Å². The van der Waals surface area contributed by atoms with Crippen LogP contribution in [0, 0.1) is 5.82 Å². The summed E-state index contributed by atoms with van der Waals surface area (Å²) in [6.07, 6.45) is -6.14. The van der Waals surface area contributed by atoms with E-state index in [1.54, 1.807) is 0 Å². The van der Waals surface area contributed by atoms with E-state index in [2.05, 4.69) is 0 Å². The van der Waals surface area contributed by atoms with E-state index in [9.17, 15) is 27.2 Å². The van der Waals surface area contributed by atoms with Gasteiger partial charge in [-0.05, 0) is 37.3 Å². The minimum atomic E-state index is -4.67. The molecule has 0 aromatic heterocycles. The maximum absolute atomic E-state index is 13.6. The van der Waals surface area contributed by atoms with Crippen molar-refractivity contribution in [1.29, 1.82) is 0 Å². The second kappa shape index (κ2) is 7.74. The molecule has 26 heavy (non-hydrogen) atoms. The van der Waals surface area contributed by atoms with Crippen molar-refractivity contribution in [2.24, 2.45) is 0 Å². The van der Waals surface area contributed by atoms with Gasteiger partial charge in [0.25, 0.3) is 5.91 Å². The third-order valence-electron chi connectivity index (χ3n) is 3.29. The number of amides is 1. The molecule has 9 heteroatoms. The third-order valence-corrected chi connectivity index (χ3v) is 3.53. The molecule has 1 N–H and O–H groups in total. The number of anilines is 1. The summed E-state index contributed by atoms with van der Waals surface area (Å²) in [6, 6.07) is 7.52. The molecule has 0 unspecified atom stereocenters. The summed E-state index contributed by atoms with van der Waals surface area (Å²) >= 11 is 5.67. The van der Waals surface area contributed by atoms with Gasteiger partial charge in [0, 0.05) is 5.02 Å². The van der Waals surface area contributed by atoms with Crippen LogP contribution in [0.3, 0.4) is 0 Å². The molecule has 0 aliphatic carbocycles. The number of esters is 1. The zero-order chi connectivity index (χ0) is 19.5. The van der Waals surface area contributed by atoms with Gasteiger partial charge < -0.3 is 10.1 Å². The number of para-hydroxylation sites is 1. The Kier molecular flexibility index (Phi) is 5.86. The number of carbonyl (C=O) groups is 2. The van der Waals surface area contributed by atoms with E-state index in [-0.39, 0.29) is 5.02 Å². The lowest BCUT2D eigenvalue weighted by molar-refractivity contribution is -0.137. The highest BCUT2D eigenvalue weighted by Gasteiger charge is 2.34. The molecule has 2 aromatic carbocycles. The van der Waals surface area contributed by atoms with Gasteiger partial charge in [-0.15, -0.1) is 0 Å². The number of halogens is 5. The lowest BCUT2D eigenvalue weighted by Gasteiger charge is -2.17. The Hall–Kier alpha value is -2.61. The SMILES string of the molecule is C[C@H](OC(=O)c1cc(Cl)ccc1F)C(=O)Nc1ccccc1C(F)(F)F. The van der Waals surface area contributed by atoms with E-state index in [4.69, 9.17) is 16.3 Å². The number of benzene rings is 2. The first kappa shape index (κ1) is 19.7. The van der Waals surface area contributed by atoms with E-state index in [0.29, 0.717) is 0 Å². The number of rotatable bonds is 4. The van der Waals surface area contributed by atoms with Crippen LogP contribution in [-0.4, -0.2) is 18.0 Å². The molecule has 0 fully saturated rings. The standard InChI is InChI=1S/C17H12ClF4NO3/c1-9(26-16(25)11-8-10(18)6-7-13(11)19)15(24)23-14-5-3-2-4-12(14)17(20,21)22/h2-9H,1H3,(H,23,24)/t9-/m0/s1. The fourth-order valence-corrected chi connectivity index (χ4v) is 2.18. The van der Waals surface area contributed by atoms with Crippen LogP contribution in [0.1, 0.15) is 22.8 Å². The van der Waals surface area contributed by atoms with Crippen LogP contribution < -0.4 is 5.32 Å². The maximum atomic E-state index is 13.6. The monoisotopic (exact) mass is 389 g/mol. The zero-order valence-corrected chi connectivity index (χ0v) is 14.0. The average molecular weight is 390 g/mol. The molecular formula is C17H12ClF4NO3. The number of hydrogen-bond donors (Lipinski definition) is 1. The highest BCUT2D eigenvalue weighted by molar-refractivity contribution is 6.30. The molecular weight excluding hydrogens is 378 g/mol. The summed E-state index contributed by atoms with van der Waals surface area (Å²) in [5, 5.41) is 2.12. The first-order valence-corrected chi connectivity index (χ1v) is 7.60. The van der Waals surface area contributed by atoms with Gasteiger partial charge in [-0.3, -0.25) is 4.79 Å². The molecule has 1 amide bonds. The van der Waals surface area contributed by atoms with Crippen molar-refractivity contribution in [3.63, 3.8) is 0 Å². The third kappa shape index (κ3) is 4.72. The number of ether oxygens (including phenoxy) is 1. The molecule has 0 bridgehead atoms. The Balaban J connectivity index is 2.11. The topological polar surface area (TPSA) is 55.4 Å². The fraction of sp³-hybridized carbons (Fsp3) is 0.176. The largest absolute Gasteiger partial charge is 0.449 e. The summed E-state index contributed by atoms with van der Waals surface area (Å²) < 4.78 is 57.2. The van der Waals surface area contributed by atoms with Crippen molar-refractivity contribution >= 4 is 29.2 Å². The second-order valence-corrected chi connectivity index (χ2v) is 5.64. The molecule has 0 aliphatic heterocycles. The van der Waals surface area contributed by atoms with Crippen molar-refractivity contribution in [2.75, 3.05) is 5.32 Å². The van der Waals surface area contributed by atoms with Crippen LogP contribution in [-0.2, 0) is 15.7 Å². The van der Waals surface area contributed by atoms with Crippen molar-refractivity contribution in [3.8, 4) is 0 Å². The van der Waals surface area contributed by atoms with Gasteiger partial charge in [0.2, 0.25) is 0 Å². The zero-order valence-electron chi connectivity index (χ0n) is 13.2. The van der Waals surface area contributed by atoms with Gasteiger partial charge in [-0.1, -0.05) is 23.7 Å². The maximum Gasteiger partial charge on any atom is 0.418 e. The summed E-state index contributed by atoms with van der Waals surface area (Å²) in [6.45, 7) is 1.14. The number of hydrogen-bond acceptors (Lipinski definition) is 3. The van der Waals surface area contributed by atoms with Crippen LogP contribution in [0.2, 0.25) is 5.02 Å². The fourth-order valence-electron chi connectivity index (χ4n) is 2.01. The average Bonchev–Trinajstić information content (AvgIpc) is 2.56. The molecule has 0 radical (unpaired) electrons. The highest BCUT2D eigenvalue weighted by atomic mass is 35.5. The molecule has 0 aliphatic rings. The smallest absolute Gasteiger partial charge is 0.418 e. The van der Waals surface area contributed by atoms with E-state index in [1.807, 2.05) is 5.32 Å². The van der Waals surface area contributed by atoms with E-state index in [1.165, 1.54) is 18.2 Å². The Morgan fingerprint density at radius 3 is 2.46 bits per heavy atom. The lowest BCUT2D eigenvalue weighted by Crippen LogP contribution is -2.31. The van der Waals surface area contributed by atoms with Gasteiger partial charge in [-0.2, -0.15) is 13.2 Å². The molecule has 2 rings (SSSR count). The Morgan fingerprint density at radius 1 is 1.15 bits per heavy atom. The van der Waals surface area contributed by atoms with Crippen LogP contribution in [0.5, 0.6) is 0 Å². The van der Waals surface area contributed by atoms with E-state index < -0.39 is 46.8 Å². The predicted octanol–water partition coefficient (Wildman–Crippen LogP) is 4.68. The van der Waals surface area contributed by atoms with E-state index in [0.717, 1.165) is 31.2 Å². The Morgan fingerprint density at radius 2 is 1.81 bits per heavy atom. The summed E-state index contributed by atoms with van der Waals surface area (Å²) in [7, 11) is 0. The molecule has 0 saturated carbocycles. The summed E-state index contributed by atoms with van der Waals surface area (Å²) in [5.41, 5.74) is -2.03. The van der Waals surface area contributed by atoms with Crippen LogP contribution in [0.4, 0.5) is 23.2 Å². The second-order valence-electron chi connectivity index (χ2n) is 5.20. The Labute approximate surface area is 150 Å². The summed E-state index contributed by atoms with van der Waals surface area (Å²) in [5.74, 6) is -3.08. The summed E-state index contributed by atoms with van der Waals surface area (Å²) in [4.78, 5) is 24.0. The van der Waals surface area contributed by atoms with Crippen molar-refractivity contribution in [1.82, 2.24) is 0 Å².